The zero-order valence-electron chi connectivity index (χ0n) is 16.1. The maximum atomic E-state index is 13.1. The van der Waals surface area contributed by atoms with Crippen LogP contribution in [0.2, 0.25) is 5.28 Å². The molecule has 1 aromatic carbocycles. The first-order valence-corrected chi connectivity index (χ1v) is 10.9. The second kappa shape index (κ2) is 8.78. The van der Waals surface area contributed by atoms with Crippen LogP contribution in [0.3, 0.4) is 0 Å². The number of rotatable bonds is 5. The highest BCUT2D eigenvalue weighted by atomic mass is 35.5. The summed E-state index contributed by atoms with van der Waals surface area (Å²) in [6.45, 7) is 3.52. The van der Waals surface area contributed by atoms with Crippen LogP contribution in [0.1, 0.15) is 35.2 Å². The number of alkyl halides is 3. The van der Waals surface area contributed by atoms with Crippen molar-refractivity contribution in [2.45, 2.75) is 43.9 Å². The Morgan fingerprint density at radius 3 is 2.70 bits per heavy atom. The summed E-state index contributed by atoms with van der Waals surface area (Å²) in [6, 6.07) is 3.54. The van der Waals surface area contributed by atoms with Crippen LogP contribution in [0.15, 0.2) is 18.2 Å². The monoisotopic (exact) mass is 458 g/mol. The van der Waals surface area contributed by atoms with Crippen molar-refractivity contribution in [3.8, 4) is 0 Å². The lowest BCUT2D eigenvalue weighted by molar-refractivity contribution is -0.137. The van der Waals surface area contributed by atoms with Gasteiger partial charge in [0, 0.05) is 29.6 Å². The van der Waals surface area contributed by atoms with Gasteiger partial charge in [-0.25, -0.2) is 14.3 Å². The highest BCUT2D eigenvalue weighted by Crippen LogP contribution is 2.36. The van der Waals surface area contributed by atoms with Gasteiger partial charge in [0.1, 0.15) is 5.82 Å². The molecule has 0 spiro atoms. The minimum Gasteiger partial charge on any atom is -0.399 e. The van der Waals surface area contributed by atoms with Gasteiger partial charge in [-0.15, -0.1) is 0 Å². The SMILES string of the molecule is Nc1cc(CNc2nc(Cl)nc3c2CN(SC2CCNCC2)C3)cc(C(F)(F)F)c1. The van der Waals surface area contributed by atoms with Gasteiger partial charge in [-0.05, 0) is 61.3 Å². The predicted molar refractivity (Wildman–Crippen MR) is 113 cm³/mol. The molecule has 162 valence electrons. The fraction of sp³-hybridized carbons (Fsp3) is 0.474. The molecule has 0 aliphatic carbocycles. The molecule has 0 atom stereocenters. The zero-order chi connectivity index (χ0) is 21.3. The third kappa shape index (κ3) is 5.11. The molecular formula is C19H22ClF3N6S. The minimum atomic E-state index is -4.45. The van der Waals surface area contributed by atoms with Gasteiger partial charge in [-0.2, -0.15) is 13.2 Å². The van der Waals surface area contributed by atoms with E-state index < -0.39 is 11.7 Å². The number of benzene rings is 1. The summed E-state index contributed by atoms with van der Waals surface area (Å²) in [5.41, 5.74) is 7.16. The Morgan fingerprint density at radius 1 is 1.20 bits per heavy atom. The fourth-order valence-corrected chi connectivity index (χ4v) is 5.15. The van der Waals surface area contributed by atoms with Crippen LogP contribution in [-0.4, -0.2) is 32.6 Å². The van der Waals surface area contributed by atoms with E-state index in [1.807, 2.05) is 11.9 Å². The van der Waals surface area contributed by atoms with Gasteiger partial charge in [0.15, 0.2) is 0 Å². The van der Waals surface area contributed by atoms with E-state index in [-0.39, 0.29) is 17.5 Å². The lowest BCUT2D eigenvalue weighted by atomic mass is 10.1. The Kier molecular flexibility index (Phi) is 6.29. The summed E-state index contributed by atoms with van der Waals surface area (Å²) in [4.78, 5) is 8.63. The molecule has 2 aliphatic rings. The number of nitrogens with one attached hydrogen (secondary N) is 2. The minimum absolute atomic E-state index is 0.0668. The zero-order valence-corrected chi connectivity index (χ0v) is 17.7. The molecule has 1 saturated heterocycles. The molecule has 1 fully saturated rings. The van der Waals surface area contributed by atoms with E-state index >= 15 is 0 Å². The van der Waals surface area contributed by atoms with Crippen LogP contribution < -0.4 is 16.4 Å². The molecule has 4 N–H and O–H groups in total. The van der Waals surface area contributed by atoms with Crippen molar-refractivity contribution in [1.82, 2.24) is 19.6 Å². The Hall–Kier alpha value is -1.75. The summed E-state index contributed by atoms with van der Waals surface area (Å²) in [7, 11) is 0. The molecule has 1 aromatic heterocycles. The van der Waals surface area contributed by atoms with Crippen LogP contribution in [-0.2, 0) is 25.8 Å². The molecule has 4 rings (SSSR count). The molecule has 11 heteroatoms. The first-order valence-electron chi connectivity index (χ1n) is 9.66. The molecule has 0 bridgehead atoms. The molecule has 2 aromatic rings. The van der Waals surface area contributed by atoms with E-state index in [1.54, 1.807) is 0 Å². The molecule has 3 heterocycles. The number of nitrogen functional groups attached to an aromatic ring is 1. The van der Waals surface area contributed by atoms with Crippen molar-refractivity contribution >= 4 is 35.1 Å². The first kappa shape index (κ1) is 21.5. The smallest absolute Gasteiger partial charge is 0.399 e. The van der Waals surface area contributed by atoms with E-state index in [0.29, 0.717) is 29.7 Å². The van der Waals surface area contributed by atoms with Crippen molar-refractivity contribution in [3.63, 3.8) is 0 Å². The van der Waals surface area contributed by atoms with Gasteiger partial charge < -0.3 is 16.4 Å². The summed E-state index contributed by atoms with van der Waals surface area (Å²) in [5.74, 6) is 0.550. The number of nitrogens with zero attached hydrogens (tertiary/aromatic N) is 3. The van der Waals surface area contributed by atoms with Gasteiger partial charge in [-0.1, -0.05) is 11.9 Å². The lowest BCUT2D eigenvalue weighted by Gasteiger charge is -2.26. The predicted octanol–water partition coefficient (Wildman–Crippen LogP) is 4.06. The molecule has 0 saturated carbocycles. The summed E-state index contributed by atoms with van der Waals surface area (Å²) >= 11 is 7.93. The molecule has 30 heavy (non-hydrogen) atoms. The Balaban J connectivity index is 1.47. The van der Waals surface area contributed by atoms with Crippen LogP contribution >= 0.6 is 23.5 Å². The third-order valence-electron chi connectivity index (χ3n) is 5.11. The average Bonchev–Trinajstić information content (AvgIpc) is 3.08. The molecule has 2 aliphatic heterocycles. The summed E-state index contributed by atoms with van der Waals surface area (Å²) in [6.07, 6.45) is -2.21. The van der Waals surface area contributed by atoms with E-state index in [9.17, 15) is 13.2 Å². The topological polar surface area (TPSA) is 79.1 Å². The van der Waals surface area contributed by atoms with Gasteiger partial charge in [0.25, 0.3) is 0 Å². The maximum Gasteiger partial charge on any atom is 0.416 e. The van der Waals surface area contributed by atoms with Crippen molar-refractivity contribution in [2.24, 2.45) is 0 Å². The number of hydrogen-bond acceptors (Lipinski definition) is 7. The van der Waals surface area contributed by atoms with E-state index in [2.05, 4.69) is 24.9 Å². The van der Waals surface area contributed by atoms with Crippen molar-refractivity contribution < 1.29 is 13.2 Å². The standard InChI is InChI=1S/C19H22ClF3N6S/c20-18-27-16-10-29(30-14-1-3-25-4-2-14)9-15(16)17(28-18)26-8-11-5-12(19(21,22)23)7-13(24)6-11/h5-7,14,25H,1-4,8-10,24H2,(H,26,27,28). The number of aromatic nitrogens is 2. The molecule has 0 amide bonds. The molecule has 0 radical (unpaired) electrons. The highest BCUT2D eigenvalue weighted by molar-refractivity contribution is 7.97. The maximum absolute atomic E-state index is 13.1. The number of fused-ring (bicyclic) bond motifs is 1. The highest BCUT2D eigenvalue weighted by Gasteiger charge is 2.31. The van der Waals surface area contributed by atoms with Gasteiger partial charge in [0.2, 0.25) is 5.28 Å². The van der Waals surface area contributed by atoms with E-state index in [1.165, 1.54) is 6.07 Å². The number of anilines is 2. The largest absolute Gasteiger partial charge is 0.416 e. The van der Waals surface area contributed by atoms with Crippen LogP contribution in [0, 0.1) is 0 Å². The third-order valence-corrected chi connectivity index (χ3v) is 6.61. The van der Waals surface area contributed by atoms with Crippen LogP contribution in [0.5, 0.6) is 0 Å². The van der Waals surface area contributed by atoms with Gasteiger partial charge >= 0.3 is 6.18 Å². The summed E-state index contributed by atoms with van der Waals surface area (Å²) in [5, 5.41) is 7.17. The molecule has 6 nitrogen and oxygen atoms in total. The molecular weight excluding hydrogens is 437 g/mol. The van der Waals surface area contributed by atoms with Crippen molar-refractivity contribution in [3.05, 3.63) is 45.9 Å². The van der Waals surface area contributed by atoms with E-state index in [0.717, 1.165) is 49.3 Å². The van der Waals surface area contributed by atoms with Gasteiger partial charge in [-0.3, -0.25) is 0 Å². The second-order valence-electron chi connectivity index (χ2n) is 7.43. The van der Waals surface area contributed by atoms with Crippen LogP contribution in [0.25, 0.3) is 0 Å². The average molecular weight is 459 g/mol. The Morgan fingerprint density at radius 2 is 1.97 bits per heavy atom. The number of halogens is 4. The van der Waals surface area contributed by atoms with E-state index in [4.69, 9.17) is 17.3 Å². The normalized spacial score (nSPS) is 17.9. The quantitative estimate of drug-likeness (QED) is 0.354. The van der Waals surface area contributed by atoms with Crippen molar-refractivity contribution in [2.75, 3.05) is 24.1 Å². The fourth-order valence-electron chi connectivity index (χ4n) is 3.70. The second-order valence-corrected chi connectivity index (χ2v) is 9.17. The van der Waals surface area contributed by atoms with Gasteiger partial charge in [0.05, 0.1) is 17.8 Å². The number of hydrogen-bond donors (Lipinski definition) is 3. The summed E-state index contributed by atoms with van der Waals surface area (Å²) < 4.78 is 41.4. The number of nitrogens with two attached hydrogens (primary N) is 1. The molecule has 0 unspecified atom stereocenters. The Labute approximate surface area is 181 Å². The van der Waals surface area contributed by atoms with Crippen molar-refractivity contribution in [1.29, 1.82) is 0 Å². The van der Waals surface area contributed by atoms with Crippen LogP contribution in [0.4, 0.5) is 24.7 Å². The Bertz CT molecular complexity index is 920. The first-order chi connectivity index (χ1) is 14.3. The number of piperidine rings is 1. The lowest BCUT2D eigenvalue weighted by Crippen LogP contribution is -2.30.